The first-order valence-corrected chi connectivity index (χ1v) is 4.36. The number of hydrogen-bond donors (Lipinski definition) is 0. The van der Waals surface area contributed by atoms with Crippen LogP contribution in [0.2, 0.25) is 0 Å². The maximum Gasteiger partial charge on any atom is -0.0133 e. The molecule has 0 aromatic rings. The van der Waals surface area contributed by atoms with Crippen molar-refractivity contribution in [1.29, 1.82) is 0 Å². The molecule has 0 fully saturated rings. The first-order valence-electron chi connectivity index (χ1n) is 4.36. The third-order valence-electron chi connectivity index (χ3n) is 2.04. The Balaban J connectivity index is 2.72. The van der Waals surface area contributed by atoms with Gasteiger partial charge in [-0.05, 0) is 25.3 Å². The van der Waals surface area contributed by atoms with Crippen molar-refractivity contribution >= 4 is 0 Å². The second-order valence-corrected chi connectivity index (χ2v) is 3.05. The van der Waals surface area contributed by atoms with Crippen LogP contribution in [0.1, 0.15) is 33.1 Å². The summed E-state index contributed by atoms with van der Waals surface area (Å²) in [5.74, 6) is 0. The fourth-order valence-electron chi connectivity index (χ4n) is 1.33. The minimum Gasteiger partial charge on any atom is -0.0805 e. The van der Waals surface area contributed by atoms with Gasteiger partial charge in [0, 0.05) is 0 Å². The van der Waals surface area contributed by atoms with Gasteiger partial charge in [-0.2, -0.15) is 0 Å². The van der Waals surface area contributed by atoms with E-state index in [2.05, 4.69) is 38.2 Å². The van der Waals surface area contributed by atoms with Crippen LogP contribution in [-0.2, 0) is 0 Å². The molecule has 0 bridgehead atoms. The first kappa shape index (κ1) is 8.32. The molecule has 60 valence electrons. The fourth-order valence-corrected chi connectivity index (χ4v) is 1.33. The van der Waals surface area contributed by atoms with Crippen molar-refractivity contribution in [1.82, 2.24) is 0 Å². The number of allylic oxidation sites excluding steroid dienone is 6. The molecule has 0 amide bonds. The summed E-state index contributed by atoms with van der Waals surface area (Å²) in [7, 11) is 0. The Morgan fingerprint density at radius 2 is 2.18 bits per heavy atom. The molecule has 1 rings (SSSR count). The zero-order valence-electron chi connectivity index (χ0n) is 7.43. The summed E-state index contributed by atoms with van der Waals surface area (Å²) in [6, 6.07) is 0. The van der Waals surface area contributed by atoms with E-state index in [0.29, 0.717) is 0 Å². The van der Waals surface area contributed by atoms with E-state index >= 15 is 0 Å². The number of hydrogen-bond acceptors (Lipinski definition) is 0. The minimum atomic E-state index is 1.13. The van der Waals surface area contributed by atoms with Crippen molar-refractivity contribution in [2.45, 2.75) is 33.1 Å². The average molecular weight is 148 g/mol. The molecule has 1 aliphatic rings. The van der Waals surface area contributed by atoms with Gasteiger partial charge in [-0.25, -0.2) is 0 Å². The Labute approximate surface area is 69.3 Å². The van der Waals surface area contributed by atoms with Gasteiger partial charge in [0.25, 0.3) is 0 Å². The molecule has 11 heavy (non-hydrogen) atoms. The molecule has 0 aliphatic heterocycles. The van der Waals surface area contributed by atoms with E-state index < -0.39 is 0 Å². The van der Waals surface area contributed by atoms with Crippen molar-refractivity contribution in [2.24, 2.45) is 0 Å². The van der Waals surface area contributed by atoms with Gasteiger partial charge in [-0.1, -0.05) is 43.2 Å². The summed E-state index contributed by atoms with van der Waals surface area (Å²) in [5.41, 5.74) is 3.05. The molecule has 0 heterocycles. The van der Waals surface area contributed by atoms with E-state index in [0.717, 1.165) is 6.42 Å². The summed E-state index contributed by atoms with van der Waals surface area (Å²) in [4.78, 5) is 0. The van der Waals surface area contributed by atoms with Crippen molar-refractivity contribution in [3.8, 4) is 0 Å². The van der Waals surface area contributed by atoms with Crippen LogP contribution < -0.4 is 0 Å². The smallest absolute Gasteiger partial charge is 0.0133 e. The van der Waals surface area contributed by atoms with Gasteiger partial charge >= 0.3 is 0 Å². The predicted molar refractivity (Wildman–Crippen MR) is 50.5 cm³/mol. The Morgan fingerprint density at radius 3 is 2.91 bits per heavy atom. The Bertz CT molecular complexity index is 204. The van der Waals surface area contributed by atoms with E-state index in [1.165, 1.54) is 24.0 Å². The molecular weight excluding hydrogens is 132 g/mol. The molecule has 0 aromatic carbocycles. The molecule has 0 spiro atoms. The van der Waals surface area contributed by atoms with E-state index in [1.54, 1.807) is 0 Å². The number of rotatable bonds is 2. The molecule has 0 atom stereocenters. The monoisotopic (exact) mass is 148 g/mol. The summed E-state index contributed by atoms with van der Waals surface area (Å²) in [6.07, 6.45) is 12.3. The summed E-state index contributed by atoms with van der Waals surface area (Å²) >= 11 is 0. The maximum absolute atomic E-state index is 2.24. The SMILES string of the molecule is CCCC1=C(C)CC=CC=C1. The molecule has 0 unspecified atom stereocenters. The van der Waals surface area contributed by atoms with Crippen molar-refractivity contribution in [2.75, 3.05) is 0 Å². The molecule has 0 N–H and O–H groups in total. The van der Waals surface area contributed by atoms with E-state index in [-0.39, 0.29) is 0 Å². The molecule has 0 nitrogen and oxygen atoms in total. The lowest BCUT2D eigenvalue weighted by atomic mass is 10.0. The summed E-state index contributed by atoms with van der Waals surface area (Å²) < 4.78 is 0. The molecule has 1 aliphatic carbocycles. The minimum absolute atomic E-state index is 1.13. The fraction of sp³-hybridized carbons (Fsp3) is 0.455. The predicted octanol–water partition coefficient (Wildman–Crippen LogP) is 3.62. The summed E-state index contributed by atoms with van der Waals surface area (Å²) in [5, 5.41) is 0. The largest absolute Gasteiger partial charge is 0.0805 e. The lowest BCUT2D eigenvalue weighted by Gasteiger charge is -2.03. The highest BCUT2D eigenvalue weighted by atomic mass is 14.0. The highest BCUT2D eigenvalue weighted by molar-refractivity contribution is 5.31. The molecular formula is C11H16. The van der Waals surface area contributed by atoms with Gasteiger partial charge in [0.2, 0.25) is 0 Å². The molecule has 0 heteroatoms. The molecule has 0 radical (unpaired) electrons. The topological polar surface area (TPSA) is 0 Å². The van der Waals surface area contributed by atoms with Crippen LogP contribution in [0.25, 0.3) is 0 Å². The van der Waals surface area contributed by atoms with Crippen molar-refractivity contribution < 1.29 is 0 Å². The van der Waals surface area contributed by atoms with Gasteiger partial charge in [0.1, 0.15) is 0 Å². The quantitative estimate of drug-likeness (QED) is 0.561. The van der Waals surface area contributed by atoms with Gasteiger partial charge in [-0.15, -0.1) is 0 Å². The van der Waals surface area contributed by atoms with Gasteiger partial charge in [0.15, 0.2) is 0 Å². The zero-order valence-corrected chi connectivity index (χ0v) is 7.43. The highest BCUT2D eigenvalue weighted by Gasteiger charge is 1.97. The zero-order chi connectivity index (χ0) is 8.10. The third-order valence-corrected chi connectivity index (χ3v) is 2.04. The van der Waals surface area contributed by atoms with Gasteiger partial charge < -0.3 is 0 Å². The van der Waals surface area contributed by atoms with Crippen molar-refractivity contribution in [3.63, 3.8) is 0 Å². The lowest BCUT2D eigenvalue weighted by molar-refractivity contribution is 0.906. The van der Waals surface area contributed by atoms with Crippen LogP contribution >= 0.6 is 0 Å². The van der Waals surface area contributed by atoms with E-state index in [4.69, 9.17) is 0 Å². The maximum atomic E-state index is 2.24. The Kier molecular flexibility index (Phi) is 3.15. The van der Waals surface area contributed by atoms with Crippen LogP contribution in [0.4, 0.5) is 0 Å². The van der Waals surface area contributed by atoms with Crippen LogP contribution in [0, 0.1) is 0 Å². The molecule has 0 saturated heterocycles. The second-order valence-electron chi connectivity index (χ2n) is 3.05. The third kappa shape index (κ3) is 2.38. The Morgan fingerprint density at radius 1 is 1.36 bits per heavy atom. The highest BCUT2D eigenvalue weighted by Crippen LogP contribution is 2.18. The van der Waals surface area contributed by atoms with E-state index in [1.807, 2.05) is 0 Å². The van der Waals surface area contributed by atoms with Gasteiger partial charge in [-0.3, -0.25) is 0 Å². The average Bonchev–Trinajstić information content (AvgIpc) is 2.18. The Hall–Kier alpha value is -0.780. The summed E-state index contributed by atoms with van der Waals surface area (Å²) in [6.45, 7) is 4.46. The molecule has 0 saturated carbocycles. The van der Waals surface area contributed by atoms with Crippen LogP contribution in [0.15, 0.2) is 35.5 Å². The normalized spacial score (nSPS) is 17.3. The van der Waals surface area contributed by atoms with Crippen LogP contribution in [0.3, 0.4) is 0 Å². The van der Waals surface area contributed by atoms with Crippen molar-refractivity contribution in [3.05, 3.63) is 35.5 Å². The van der Waals surface area contributed by atoms with E-state index in [9.17, 15) is 0 Å². The first-order chi connectivity index (χ1) is 5.34. The van der Waals surface area contributed by atoms with Gasteiger partial charge in [0.05, 0.1) is 0 Å². The molecule has 0 aromatic heterocycles. The van der Waals surface area contributed by atoms with Crippen LogP contribution in [0.5, 0.6) is 0 Å². The standard InChI is InChI=1S/C11H16/c1-3-7-11-9-6-4-5-8-10(11)2/h4-6,9H,3,7-8H2,1-2H3. The lowest BCUT2D eigenvalue weighted by Crippen LogP contribution is -1.83. The van der Waals surface area contributed by atoms with Crippen LogP contribution in [-0.4, -0.2) is 0 Å². The second kappa shape index (κ2) is 4.17.